The fourth-order valence-corrected chi connectivity index (χ4v) is 4.87. The molecule has 1 unspecified atom stereocenters. The van der Waals surface area contributed by atoms with Crippen LogP contribution in [-0.2, 0) is 13.0 Å². The molecule has 26 heavy (non-hydrogen) atoms. The lowest BCUT2D eigenvalue weighted by Crippen LogP contribution is -2.35. The Morgan fingerprint density at radius 3 is 2.85 bits per heavy atom. The van der Waals surface area contributed by atoms with E-state index in [0.717, 1.165) is 66.9 Å². The highest BCUT2D eigenvalue weighted by molar-refractivity contribution is 7.14. The van der Waals surface area contributed by atoms with Gasteiger partial charge in [0.1, 0.15) is 17.5 Å². The lowest BCUT2D eigenvalue weighted by molar-refractivity contribution is 0.473. The van der Waals surface area contributed by atoms with Crippen LogP contribution in [-0.4, -0.2) is 32.8 Å². The van der Waals surface area contributed by atoms with Gasteiger partial charge in [-0.2, -0.15) is 0 Å². The minimum atomic E-state index is -0.219. The molecule has 2 aliphatic rings. The molecule has 3 aromatic rings. The predicted molar refractivity (Wildman–Crippen MR) is 100 cm³/mol. The summed E-state index contributed by atoms with van der Waals surface area (Å²) in [5.41, 5.74) is 1.87. The maximum absolute atomic E-state index is 13.1. The van der Waals surface area contributed by atoms with Crippen LogP contribution in [0.3, 0.4) is 0 Å². The number of hydrogen-bond acceptors (Lipinski definition) is 5. The summed E-state index contributed by atoms with van der Waals surface area (Å²) in [6.07, 6.45) is 4.53. The van der Waals surface area contributed by atoms with E-state index in [2.05, 4.69) is 25.0 Å². The average Bonchev–Trinajstić information content (AvgIpc) is 3.39. The van der Waals surface area contributed by atoms with Crippen molar-refractivity contribution in [2.24, 2.45) is 0 Å². The van der Waals surface area contributed by atoms with Crippen LogP contribution in [0.5, 0.6) is 0 Å². The summed E-state index contributed by atoms with van der Waals surface area (Å²) in [7, 11) is 0. The zero-order valence-corrected chi connectivity index (χ0v) is 15.3. The predicted octanol–water partition coefficient (Wildman–Crippen LogP) is 3.87. The Morgan fingerprint density at radius 2 is 1.96 bits per heavy atom. The number of rotatable bonds is 3. The fourth-order valence-electron chi connectivity index (χ4n) is 4.00. The first-order valence-electron chi connectivity index (χ1n) is 9.16. The summed E-state index contributed by atoms with van der Waals surface area (Å²) in [4.78, 5) is 7.16. The van der Waals surface area contributed by atoms with Gasteiger partial charge in [-0.1, -0.05) is 0 Å². The molecule has 7 heteroatoms. The molecule has 1 saturated heterocycles. The number of nitrogens with zero attached hydrogens (tertiary/aromatic N) is 5. The molecule has 2 aliphatic heterocycles. The van der Waals surface area contributed by atoms with Gasteiger partial charge in [0.15, 0.2) is 5.13 Å². The van der Waals surface area contributed by atoms with Gasteiger partial charge in [0.25, 0.3) is 0 Å². The number of piperidine rings is 1. The fraction of sp³-hybridized carbons (Fsp3) is 0.421. The molecule has 0 amide bonds. The quantitative estimate of drug-likeness (QED) is 0.703. The number of hydrogen-bond donors (Lipinski definition) is 0. The van der Waals surface area contributed by atoms with E-state index >= 15 is 0 Å². The first-order chi connectivity index (χ1) is 12.8. The molecule has 0 N–H and O–H groups in total. The Kier molecular flexibility index (Phi) is 3.96. The van der Waals surface area contributed by atoms with Crippen molar-refractivity contribution >= 4 is 16.5 Å². The minimum absolute atomic E-state index is 0.219. The van der Waals surface area contributed by atoms with Gasteiger partial charge >= 0.3 is 0 Å². The number of halogens is 1. The Bertz CT molecular complexity index is 916. The summed E-state index contributed by atoms with van der Waals surface area (Å²) < 4.78 is 15.5. The molecule has 5 rings (SSSR count). The van der Waals surface area contributed by atoms with Crippen molar-refractivity contribution in [2.75, 3.05) is 18.0 Å². The lowest BCUT2D eigenvalue weighted by Gasteiger charge is -2.32. The maximum Gasteiger partial charge on any atom is 0.185 e. The van der Waals surface area contributed by atoms with Crippen LogP contribution in [0.1, 0.15) is 36.8 Å². The SMILES string of the molecule is Fc1ccc(-c2csc(N3CCCC(c4nnc5n4CCC5)C3)n2)cc1. The van der Waals surface area contributed by atoms with E-state index in [-0.39, 0.29) is 5.82 Å². The number of benzene rings is 1. The van der Waals surface area contributed by atoms with Crippen molar-refractivity contribution in [1.29, 1.82) is 0 Å². The first-order valence-corrected chi connectivity index (χ1v) is 10.0. The second kappa shape index (κ2) is 6.46. The molecule has 0 spiro atoms. The molecule has 5 nitrogen and oxygen atoms in total. The lowest BCUT2D eigenvalue weighted by atomic mass is 9.97. The number of aryl methyl sites for hydroxylation is 1. The van der Waals surface area contributed by atoms with E-state index in [0.29, 0.717) is 5.92 Å². The van der Waals surface area contributed by atoms with Crippen LogP contribution < -0.4 is 4.90 Å². The molecular formula is C19H20FN5S. The molecule has 2 aromatic heterocycles. The summed E-state index contributed by atoms with van der Waals surface area (Å²) >= 11 is 1.66. The third kappa shape index (κ3) is 2.80. The third-order valence-electron chi connectivity index (χ3n) is 5.33. The van der Waals surface area contributed by atoms with Crippen LogP contribution in [0.2, 0.25) is 0 Å². The molecule has 1 aromatic carbocycles. The summed E-state index contributed by atoms with van der Waals surface area (Å²) in [6, 6.07) is 6.54. The standard InChI is InChI=1S/C19H20FN5S/c20-15-7-5-13(6-8-15)16-12-26-19(21-16)24-9-1-3-14(11-24)18-23-22-17-4-2-10-25(17)18/h5-8,12,14H,1-4,9-11H2. The molecule has 0 aliphatic carbocycles. The smallest absolute Gasteiger partial charge is 0.185 e. The van der Waals surface area contributed by atoms with Crippen LogP contribution in [0.15, 0.2) is 29.6 Å². The number of fused-ring (bicyclic) bond motifs is 1. The highest BCUT2D eigenvalue weighted by Crippen LogP contribution is 2.34. The van der Waals surface area contributed by atoms with Gasteiger partial charge in [0.05, 0.1) is 5.69 Å². The molecule has 134 valence electrons. The second-order valence-electron chi connectivity index (χ2n) is 7.04. The molecule has 0 bridgehead atoms. The van der Waals surface area contributed by atoms with Crippen LogP contribution >= 0.6 is 11.3 Å². The second-order valence-corrected chi connectivity index (χ2v) is 7.87. The van der Waals surface area contributed by atoms with Crippen molar-refractivity contribution in [2.45, 2.75) is 38.1 Å². The van der Waals surface area contributed by atoms with Gasteiger partial charge in [0.2, 0.25) is 0 Å². The maximum atomic E-state index is 13.1. The van der Waals surface area contributed by atoms with E-state index in [1.807, 2.05) is 0 Å². The Hall–Kier alpha value is -2.28. The van der Waals surface area contributed by atoms with E-state index in [1.54, 1.807) is 23.5 Å². The van der Waals surface area contributed by atoms with Crippen molar-refractivity contribution in [3.05, 3.63) is 47.1 Å². The molecular weight excluding hydrogens is 349 g/mol. The summed E-state index contributed by atoms with van der Waals surface area (Å²) in [5.74, 6) is 2.49. The monoisotopic (exact) mass is 369 g/mol. The normalized spacial score (nSPS) is 19.7. The zero-order valence-electron chi connectivity index (χ0n) is 14.4. The van der Waals surface area contributed by atoms with Crippen LogP contribution in [0.25, 0.3) is 11.3 Å². The first kappa shape index (κ1) is 15.9. The largest absolute Gasteiger partial charge is 0.347 e. The van der Waals surface area contributed by atoms with Crippen LogP contribution in [0.4, 0.5) is 9.52 Å². The van der Waals surface area contributed by atoms with E-state index in [1.165, 1.54) is 18.6 Å². The van der Waals surface area contributed by atoms with Gasteiger partial charge in [-0.25, -0.2) is 9.37 Å². The average molecular weight is 369 g/mol. The topological polar surface area (TPSA) is 46.8 Å². The third-order valence-corrected chi connectivity index (χ3v) is 6.23. The number of thiazole rings is 1. The molecule has 4 heterocycles. The molecule has 0 saturated carbocycles. The number of aromatic nitrogens is 4. The summed E-state index contributed by atoms with van der Waals surface area (Å²) in [6.45, 7) is 3.02. The van der Waals surface area contributed by atoms with Crippen molar-refractivity contribution in [3.63, 3.8) is 0 Å². The van der Waals surface area contributed by atoms with E-state index in [9.17, 15) is 4.39 Å². The van der Waals surface area contributed by atoms with Gasteiger partial charge in [-0.3, -0.25) is 0 Å². The van der Waals surface area contributed by atoms with E-state index in [4.69, 9.17) is 4.98 Å². The van der Waals surface area contributed by atoms with Gasteiger partial charge in [-0.05, 0) is 43.5 Å². The van der Waals surface area contributed by atoms with Gasteiger partial charge in [-0.15, -0.1) is 21.5 Å². The van der Waals surface area contributed by atoms with Gasteiger partial charge < -0.3 is 9.47 Å². The zero-order chi connectivity index (χ0) is 17.5. The number of anilines is 1. The Labute approximate surface area is 155 Å². The van der Waals surface area contributed by atoms with Crippen molar-refractivity contribution in [3.8, 4) is 11.3 Å². The molecule has 0 radical (unpaired) electrons. The Balaban J connectivity index is 1.36. The highest BCUT2D eigenvalue weighted by Gasteiger charge is 2.29. The summed E-state index contributed by atoms with van der Waals surface area (Å²) in [5, 5.41) is 11.9. The minimum Gasteiger partial charge on any atom is -0.347 e. The highest BCUT2D eigenvalue weighted by atomic mass is 32.1. The van der Waals surface area contributed by atoms with E-state index < -0.39 is 0 Å². The molecule has 1 fully saturated rings. The van der Waals surface area contributed by atoms with Crippen LogP contribution in [0, 0.1) is 5.82 Å². The van der Waals surface area contributed by atoms with Gasteiger partial charge in [0, 0.05) is 42.9 Å². The van der Waals surface area contributed by atoms with Crippen molar-refractivity contribution < 1.29 is 4.39 Å². The Morgan fingerprint density at radius 1 is 1.08 bits per heavy atom. The molecule has 1 atom stereocenters. The van der Waals surface area contributed by atoms with Crippen molar-refractivity contribution in [1.82, 2.24) is 19.7 Å².